The van der Waals surface area contributed by atoms with Crippen LogP contribution in [-0.2, 0) is 4.79 Å². The quantitative estimate of drug-likeness (QED) is 0.910. The van der Waals surface area contributed by atoms with E-state index in [1.165, 1.54) is 11.1 Å². The molecule has 1 unspecified atom stereocenters. The number of hydrogen-bond donors (Lipinski definition) is 1. The van der Waals surface area contributed by atoms with Crippen LogP contribution in [0.25, 0.3) is 0 Å². The van der Waals surface area contributed by atoms with Crippen LogP contribution in [0, 0.1) is 19.8 Å². The summed E-state index contributed by atoms with van der Waals surface area (Å²) in [7, 11) is 0. The van der Waals surface area contributed by atoms with Crippen molar-refractivity contribution in [2.24, 2.45) is 11.7 Å². The number of rotatable bonds is 5. The molecule has 22 heavy (non-hydrogen) atoms. The molecule has 2 N–H and O–H groups in total. The average molecular weight is 304 g/mol. The molecule has 0 aliphatic carbocycles. The SMILES string of the molecule is Cc1cc(C)cc(OCCC(=O)N2CCC(C(C)N)CC2)c1. The minimum absolute atomic E-state index is 0.187. The van der Waals surface area contributed by atoms with Gasteiger partial charge in [-0.15, -0.1) is 0 Å². The Morgan fingerprint density at radius 3 is 2.41 bits per heavy atom. The van der Waals surface area contributed by atoms with Gasteiger partial charge in [0.15, 0.2) is 0 Å². The van der Waals surface area contributed by atoms with Crippen LogP contribution in [0.15, 0.2) is 18.2 Å². The van der Waals surface area contributed by atoms with Gasteiger partial charge in [0.2, 0.25) is 5.91 Å². The number of carbonyl (C=O) groups excluding carboxylic acids is 1. The standard InChI is InChI=1S/C18H28N2O2/c1-13-10-14(2)12-17(11-13)22-9-6-18(21)20-7-4-16(5-8-20)15(3)19/h10-12,15-16H,4-9,19H2,1-3H3. The summed E-state index contributed by atoms with van der Waals surface area (Å²) in [6.45, 7) is 8.25. The van der Waals surface area contributed by atoms with Crippen molar-refractivity contribution in [2.45, 2.75) is 46.1 Å². The maximum Gasteiger partial charge on any atom is 0.225 e. The molecular weight excluding hydrogens is 276 g/mol. The summed E-state index contributed by atoms with van der Waals surface area (Å²) < 4.78 is 5.72. The zero-order valence-electron chi connectivity index (χ0n) is 14.0. The molecule has 1 aromatic rings. The van der Waals surface area contributed by atoms with Gasteiger partial charge in [-0.05, 0) is 62.8 Å². The van der Waals surface area contributed by atoms with Gasteiger partial charge in [-0.1, -0.05) is 6.07 Å². The van der Waals surface area contributed by atoms with Gasteiger partial charge in [-0.3, -0.25) is 4.79 Å². The van der Waals surface area contributed by atoms with Gasteiger partial charge >= 0.3 is 0 Å². The highest BCUT2D eigenvalue weighted by Crippen LogP contribution is 2.20. The molecule has 0 spiro atoms. The number of nitrogens with two attached hydrogens (primary N) is 1. The van der Waals surface area contributed by atoms with Crippen molar-refractivity contribution in [3.05, 3.63) is 29.3 Å². The topological polar surface area (TPSA) is 55.6 Å². The van der Waals surface area contributed by atoms with Crippen molar-refractivity contribution < 1.29 is 9.53 Å². The Morgan fingerprint density at radius 1 is 1.27 bits per heavy atom. The predicted octanol–water partition coefficient (Wildman–Crippen LogP) is 2.66. The number of aryl methyl sites for hydroxylation is 2. The van der Waals surface area contributed by atoms with E-state index in [2.05, 4.69) is 13.0 Å². The molecule has 0 bridgehead atoms. The summed E-state index contributed by atoms with van der Waals surface area (Å²) in [4.78, 5) is 14.2. The van der Waals surface area contributed by atoms with Gasteiger partial charge in [0.25, 0.3) is 0 Å². The molecule has 0 radical (unpaired) electrons. The smallest absolute Gasteiger partial charge is 0.225 e. The minimum atomic E-state index is 0.187. The molecule has 1 saturated heterocycles. The highest BCUT2D eigenvalue weighted by molar-refractivity contribution is 5.76. The molecule has 0 saturated carbocycles. The van der Waals surface area contributed by atoms with E-state index in [0.717, 1.165) is 31.7 Å². The summed E-state index contributed by atoms with van der Waals surface area (Å²) >= 11 is 0. The van der Waals surface area contributed by atoms with E-state index in [9.17, 15) is 4.79 Å². The lowest BCUT2D eigenvalue weighted by Crippen LogP contribution is -2.42. The van der Waals surface area contributed by atoms with Crippen molar-refractivity contribution >= 4 is 5.91 Å². The first-order valence-corrected chi connectivity index (χ1v) is 8.20. The maximum atomic E-state index is 12.2. The lowest BCUT2D eigenvalue weighted by atomic mass is 9.91. The van der Waals surface area contributed by atoms with Crippen molar-refractivity contribution in [3.63, 3.8) is 0 Å². The van der Waals surface area contributed by atoms with Gasteiger partial charge < -0.3 is 15.4 Å². The molecule has 1 amide bonds. The number of piperidine rings is 1. The molecular formula is C18H28N2O2. The van der Waals surface area contributed by atoms with E-state index in [-0.39, 0.29) is 11.9 Å². The van der Waals surface area contributed by atoms with E-state index < -0.39 is 0 Å². The fraction of sp³-hybridized carbons (Fsp3) is 0.611. The summed E-state index contributed by atoms with van der Waals surface area (Å²) in [6, 6.07) is 6.35. The van der Waals surface area contributed by atoms with Crippen LogP contribution < -0.4 is 10.5 Å². The summed E-state index contributed by atoms with van der Waals surface area (Å²) in [5, 5.41) is 0. The zero-order valence-corrected chi connectivity index (χ0v) is 14.0. The second-order valence-corrected chi connectivity index (χ2v) is 6.50. The molecule has 1 aromatic carbocycles. The minimum Gasteiger partial charge on any atom is -0.493 e. The molecule has 4 nitrogen and oxygen atoms in total. The van der Waals surface area contributed by atoms with E-state index in [1.807, 2.05) is 30.9 Å². The Kier molecular flexibility index (Phi) is 5.83. The third kappa shape index (κ3) is 4.73. The van der Waals surface area contributed by atoms with Crippen LogP contribution in [0.2, 0.25) is 0 Å². The predicted molar refractivity (Wildman–Crippen MR) is 89.0 cm³/mol. The van der Waals surface area contributed by atoms with Gasteiger partial charge in [0.05, 0.1) is 13.0 Å². The van der Waals surface area contributed by atoms with Crippen LogP contribution >= 0.6 is 0 Å². The van der Waals surface area contributed by atoms with Crippen molar-refractivity contribution in [2.75, 3.05) is 19.7 Å². The Bertz CT molecular complexity index is 486. The second kappa shape index (κ2) is 7.63. The Balaban J connectivity index is 1.74. The number of benzene rings is 1. The molecule has 1 aliphatic rings. The molecule has 1 fully saturated rings. The van der Waals surface area contributed by atoms with Crippen LogP contribution in [0.4, 0.5) is 0 Å². The van der Waals surface area contributed by atoms with Crippen LogP contribution in [0.3, 0.4) is 0 Å². The van der Waals surface area contributed by atoms with Crippen LogP contribution in [0.5, 0.6) is 5.75 Å². The summed E-state index contributed by atoms with van der Waals surface area (Å²) in [6.07, 6.45) is 2.47. The monoisotopic (exact) mass is 304 g/mol. The number of ether oxygens (including phenoxy) is 1. The third-order valence-corrected chi connectivity index (χ3v) is 4.42. The molecule has 4 heteroatoms. The first kappa shape index (κ1) is 16.8. The number of carbonyl (C=O) groups is 1. The highest BCUT2D eigenvalue weighted by atomic mass is 16.5. The summed E-state index contributed by atoms with van der Waals surface area (Å²) in [5.41, 5.74) is 8.29. The van der Waals surface area contributed by atoms with Crippen LogP contribution in [-0.4, -0.2) is 36.5 Å². The second-order valence-electron chi connectivity index (χ2n) is 6.50. The number of hydrogen-bond acceptors (Lipinski definition) is 3. The summed E-state index contributed by atoms with van der Waals surface area (Å²) in [5.74, 6) is 1.59. The Labute approximate surface area is 133 Å². The average Bonchev–Trinajstić information content (AvgIpc) is 2.46. The van der Waals surface area contributed by atoms with Crippen LogP contribution in [0.1, 0.15) is 37.3 Å². The van der Waals surface area contributed by atoms with Crippen molar-refractivity contribution in [1.29, 1.82) is 0 Å². The molecule has 2 rings (SSSR count). The fourth-order valence-electron chi connectivity index (χ4n) is 3.11. The Morgan fingerprint density at radius 2 is 1.86 bits per heavy atom. The maximum absolute atomic E-state index is 12.2. The highest BCUT2D eigenvalue weighted by Gasteiger charge is 2.24. The van der Waals surface area contributed by atoms with Crippen molar-refractivity contribution in [1.82, 2.24) is 4.90 Å². The van der Waals surface area contributed by atoms with Gasteiger partial charge in [-0.2, -0.15) is 0 Å². The lowest BCUT2D eigenvalue weighted by Gasteiger charge is -2.33. The number of nitrogens with zero attached hydrogens (tertiary/aromatic N) is 1. The van der Waals surface area contributed by atoms with E-state index in [0.29, 0.717) is 18.9 Å². The first-order chi connectivity index (χ1) is 10.5. The zero-order chi connectivity index (χ0) is 16.1. The normalized spacial score (nSPS) is 17.4. The molecule has 1 aliphatic heterocycles. The fourth-order valence-corrected chi connectivity index (χ4v) is 3.11. The van der Waals surface area contributed by atoms with E-state index in [1.54, 1.807) is 0 Å². The van der Waals surface area contributed by atoms with Gasteiger partial charge in [0.1, 0.15) is 5.75 Å². The molecule has 1 atom stereocenters. The molecule has 122 valence electrons. The van der Waals surface area contributed by atoms with Crippen molar-refractivity contribution in [3.8, 4) is 5.75 Å². The van der Waals surface area contributed by atoms with E-state index in [4.69, 9.17) is 10.5 Å². The Hall–Kier alpha value is -1.55. The van der Waals surface area contributed by atoms with Gasteiger partial charge in [-0.25, -0.2) is 0 Å². The lowest BCUT2D eigenvalue weighted by molar-refractivity contribution is -0.133. The number of likely N-dealkylation sites (tertiary alicyclic amines) is 1. The number of amides is 1. The molecule has 1 heterocycles. The van der Waals surface area contributed by atoms with Gasteiger partial charge in [0, 0.05) is 19.1 Å². The molecule has 0 aromatic heterocycles. The van der Waals surface area contributed by atoms with E-state index >= 15 is 0 Å². The largest absolute Gasteiger partial charge is 0.493 e. The third-order valence-electron chi connectivity index (χ3n) is 4.42. The first-order valence-electron chi connectivity index (χ1n) is 8.20.